The lowest BCUT2D eigenvalue weighted by molar-refractivity contribution is -0.161. The maximum Gasteiger partial charge on any atom is 0.472 e. The summed E-state index contributed by atoms with van der Waals surface area (Å²) in [6.45, 7) is 3.61. The number of nitrogens with two attached hydrogens (primary N) is 1. The van der Waals surface area contributed by atoms with Crippen molar-refractivity contribution in [3.8, 4) is 0 Å². The summed E-state index contributed by atoms with van der Waals surface area (Å²) in [4.78, 5) is 35.5. The third-order valence-electron chi connectivity index (χ3n) is 17.1. The number of rotatable bonds is 75. The predicted octanol–water partition coefficient (Wildman–Crippen LogP) is 27.6. The summed E-state index contributed by atoms with van der Waals surface area (Å²) in [5.74, 6) is -0.848. The van der Waals surface area contributed by atoms with Crippen LogP contribution in [-0.4, -0.2) is 49.3 Å². The van der Waals surface area contributed by atoms with Gasteiger partial charge in [0.1, 0.15) is 6.61 Å². The highest BCUT2D eigenvalue weighted by atomic mass is 31.2. The molecule has 9 nitrogen and oxygen atoms in total. The molecule has 0 saturated heterocycles. The van der Waals surface area contributed by atoms with Gasteiger partial charge in [-0.3, -0.25) is 18.6 Å². The van der Waals surface area contributed by atoms with Crippen LogP contribution in [0.25, 0.3) is 0 Å². The van der Waals surface area contributed by atoms with Crippen LogP contribution in [-0.2, 0) is 32.7 Å². The number of allylic oxidation sites excluding steroid dienone is 28. The minimum Gasteiger partial charge on any atom is -0.462 e. The zero-order chi connectivity index (χ0) is 71.5. The fourth-order valence-corrected chi connectivity index (χ4v) is 11.9. The first-order valence-electron chi connectivity index (χ1n) is 40.6. The Bertz CT molecular complexity index is 2240. The summed E-state index contributed by atoms with van der Waals surface area (Å²) in [6, 6.07) is 0. The highest BCUT2D eigenvalue weighted by Crippen LogP contribution is 2.43. The molecule has 0 aliphatic rings. The number of hydrogen-bond acceptors (Lipinski definition) is 8. The molecule has 0 aromatic carbocycles. The Labute approximate surface area is 610 Å². The van der Waals surface area contributed by atoms with Crippen LogP contribution in [0.15, 0.2) is 170 Å². The Morgan fingerprint density at radius 1 is 0.313 bits per heavy atom. The van der Waals surface area contributed by atoms with Crippen molar-refractivity contribution in [2.24, 2.45) is 5.73 Å². The summed E-state index contributed by atoms with van der Waals surface area (Å²) in [5, 5.41) is 0. The van der Waals surface area contributed by atoms with Crippen molar-refractivity contribution in [1.29, 1.82) is 0 Å². The van der Waals surface area contributed by atoms with Crippen LogP contribution >= 0.6 is 7.82 Å². The number of phosphoric acid groups is 1. The molecule has 564 valence electrons. The van der Waals surface area contributed by atoms with Gasteiger partial charge in [-0.15, -0.1) is 0 Å². The van der Waals surface area contributed by atoms with Crippen molar-refractivity contribution in [3.63, 3.8) is 0 Å². The lowest BCUT2D eigenvalue weighted by atomic mass is 10.0. The van der Waals surface area contributed by atoms with Gasteiger partial charge in [-0.25, -0.2) is 4.57 Å². The number of ether oxygens (including phenoxy) is 2. The molecule has 0 amide bonds. The van der Waals surface area contributed by atoms with E-state index in [1.807, 2.05) is 0 Å². The Hall–Kier alpha value is -4.63. The minimum absolute atomic E-state index is 0.0432. The molecule has 0 aromatic rings. The van der Waals surface area contributed by atoms with E-state index in [1.165, 1.54) is 180 Å². The molecule has 99 heavy (non-hydrogen) atoms. The smallest absolute Gasteiger partial charge is 0.462 e. The second-order valence-electron chi connectivity index (χ2n) is 26.6. The largest absolute Gasteiger partial charge is 0.472 e. The number of carbonyl (C=O) groups is 2. The molecular weight excluding hydrogens is 1240 g/mol. The quantitative estimate of drug-likeness (QED) is 0.0264. The zero-order valence-corrected chi connectivity index (χ0v) is 64.6. The normalized spacial score (nSPS) is 13.8. The van der Waals surface area contributed by atoms with Gasteiger partial charge in [0.05, 0.1) is 13.2 Å². The van der Waals surface area contributed by atoms with E-state index in [-0.39, 0.29) is 38.6 Å². The van der Waals surface area contributed by atoms with Gasteiger partial charge in [0.2, 0.25) is 0 Å². The van der Waals surface area contributed by atoms with Gasteiger partial charge in [0.25, 0.3) is 0 Å². The lowest BCUT2D eigenvalue weighted by Gasteiger charge is -2.19. The fourth-order valence-electron chi connectivity index (χ4n) is 11.1. The van der Waals surface area contributed by atoms with Crippen LogP contribution in [0.5, 0.6) is 0 Å². The first kappa shape index (κ1) is 94.4. The average Bonchev–Trinajstić information content (AvgIpc) is 1.35. The minimum atomic E-state index is -4.41. The van der Waals surface area contributed by atoms with Crippen molar-refractivity contribution in [3.05, 3.63) is 170 Å². The third kappa shape index (κ3) is 82.2. The first-order chi connectivity index (χ1) is 48.8. The number of carbonyl (C=O) groups excluding carboxylic acids is 2. The summed E-state index contributed by atoms with van der Waals surface area (Å²) in [6.07, 6.45) is 122. The van der Waals surface area contributed by atoms with E-state index in [9.17, 15) is 19.0 Å². The van der Waals surface area contributed by atoms with E-state index < -0.39 is 26.5 Å². The Morgan fingerprint density at radius 2 is 0.556 bits per heavy atom. The van der Waals surface area contributed by atoms with Gasteiger partial charge >= 0.3 is 19.8 Å². The van der Waals surface area contributed by atoms with Crippen LogP contribution in [0.1, 0.15) is 348 Å². The Balaban J connectivity index is 3.90. The van der Waals surface area contributed by atoms with E-state index in [2.05, 4.69) is 184 Å². The van der Waals surface area contributed by atoms with Gasteiger partial charge in [-0.1, -0.05) is 370 Å². The molecule has 0 heterocycles. The summed E-state index contributed by atoms with van der Waals surface area (Å²) in [5.41, 5.74) is 5.41. The van der Waals surface area contributed by atoms with E-state index in [4.69, 9.17) is 24.3 Å². The number of hydrogen-bond donors (Lipinski definition) is 2. The van der Waals surface area contributed by atoms with Crippen molar-refractivity contribution in [1.82, 2.24) is 0 Å². The van der Waals surface area contributed by atoms with E-state index in [0.29, 0.717) is 6.42 Å². The number of unbranched alkanes of at least 4 members (excludes halogenated alkanes) is 34. The summed E-state index contributed by atoms with van der Waals surface area (Å²) >= 11 is 0. The van der Waals surface area contributed by atoms with Gasteiger partial charge < -0.3 is 20.1 Å². The molecule has 0 aromatic heterocycles. The standard InChI is InChI=1S/C89H150NO8P/c1-3-5-7-9-11-13-15-17-19-21-23-25-27-29-31-33-35-37-39-41-43-45-47-49-51-53-55-57-59-61-63-65-67-69-71-73-75-77-79-81-88(91)95-85-87(86-97-99(93,94)96-84-83-90)98-89(92)82-80-78-76-74-72-70-68-66-64-62-60-58-56-54-52-50-48-46-44-42-40-38-36-34-32-30-28-26-24-22-20-18-16-14-12-10-8-6-4-2/h6,8,12,14-15,17-18,20-21,23-24,26-27,29-30,32,36,38,42,44,48,50,54,56,60,62,66,68,87H,3-5,7,9-11,13,16,19,22,25,28,31,33-35,37,39-41,43,45-47,49,51-53,55,57-59,61,63-65,67,69-86,90H2,1-2H3,(H,93,94)/b8-6-,14-12-,17-15-,20-18-,23-21-,26-24-,29-27-,32-30-,38-36-,44-42-,50-48-,56-54-,62-60-,68-66-. The molecule has 0 fully saturated rings. The van der Waals surface area contributed by atoms with Gasteiger partial charge in [0.15, 0.2) is 6.10 Å². The third-order valence-corrected chi connectivity index (χ3v) is 18.1. The molecule has 0 aliphatic carbocycles. The molecule has 2 atom stereocenters. The number of esters is 2. The monoisotopic (exact) mass is 1390 g/mol. The molecule has 0 spiro atoms. The predicted molar refractivity (Wildman–Crippen MR) is 431 cm³/mol. The first-order valence-corrected chi connectivity index (χ1v) is 42.1. The van der Waals surface area contributed by atoms with E-state index in [0.717, 1.165) is 135 Å². The average molecular weight is 1390 g/mol. The maximum absolute atomic E-state index is 12.8. The zero-order valence-electron chi connectivity index (χ0n) is 63.7. The molecule has 3 N–H and O–H groups in total. The second-order valence-corrected chi connectivity index (χ2v) is 28.0. The van der Waals surface area contributed by atoms with Crippen molar-refractivity contribution in [2.75, 3.05) is 26.4 Å². The van der Waals surface area contributed by atoms with Gasteiger partial charge in [-0.2, -0.15) is 0 Å². The fraction of sp³-hybridized carbons (Fsp3) is 0.663. The lowest BCUT2D eigenvalue weighted by Crippen LogP contribution is -2.29. The molecule has 10 heteroatoms. The Morgan fingerprint density at radius 3 is 0.828 bits per heavy atom. The van der Waals surface area contributed by atoms with Crippen LogP contribution in [0, 0.1) is 0 Å². The topological polar surface area (TPSA) is 134 Å². The molecule has 2 unspecified atom stereocenters. The molecule has 0 rings (SSSR count). The van der Waals surface area contributed by atoms with Crippen molar-refractivity contribution >= 4 is 19.8 Å². The van der Waals surface area contributed by atoms with Crippen LogP contribution in [0.4, 0.5) is 0 Å². The van der Waals surface area contributed by atoms with Crippen molar-refractivity contribution < 1.29 is 37.6 Å². The van der Waals surface area contributed by atoms with Gasteiger partial charge in [-0.05, 0) is 135 Å². The van der Waals surface area contributed by atoms with Gasteiger partial charge in [0, 0.05) is 19.4 Å². The highest BCUT2D eigenvalue weighted by molar-refractivity contribution is 7.47. The molecule has 0 saturated carbocycles. The van der Waals surface area contributed by atoms with Crippen LogP contribution in [0.2, 0.25) is 0 Å². The van der Waals surface area contributed by atoms with Crippen molar-refractivity contribution in [2.45, 2.75) is 354 Å². The molecule has 0 aliphatic heterocycles. The summed E-state index contributed by atoms with van der Waals surface area (Å²) in [7, 11) is -4.41. The SMILES string of the molecule is CC/C=C\C/C=C\C/C=C\C/C=C\C/C=C\C/C=C\C/C=C\C/C=C\C/C=C\C/C=C\C/C=C\CCCCCCCC(=O)OC(COC(=O)CCCCCCCCCCCCCCCCCCCCCCCCCC/C=C\C/C=C\C/C=C\CCCCCCC)COP(=O)(O)OCCN. The molecular formula is C89H150NO8P. The second kappa shape index (κ2) is 82.3. The van der Waals surface area contributed by atoms with Crippen LogP contribution in [0.3, 0.4) is 0 Å². The Kier molecular flexibility index (Phi) is 78.5. The van der Waals surface area contributed by atoms with Crippen LogP contribution < -0.4 is 5.73 Å². The summed E-state index contributed by atoms with van der Waals surface area (Å²) < 4.78 is 33.2. The van der Waals surface area contributed by atoms with E-state index in [1.54, 1.807) is 0 Å². The number of phosphoric ester groups is 1. The molecule has 0 bridgehead atoms. The highest BCUT2D eigenvalue weighted by Gasteiger charge is 2.26. The maximum atomic E-state index is 12.8. The molecule has 0 radical (unpaired) electrons. The van der Waals surface area contributed by atoms with E-state index >= 15 is 0 Å².